The van der Waals surface area contributed by atoms with Crippen LogP contribution in [-0.2, 0) is 13.1 Å². The Morgan fingerprint density at radius 1 is 0.773 bits per heavy atom. The van der Waals surface area contributed by atoms with E-state index in [9.17, 15) is 5.11 Å². The van der Waals surface area contributed by atoms with Crippen molar-refractivity contribution in [1.82, 2.24) is 4.90 Å². The fourth-order valence-corrected chi connectivity index (χ4v) is 2.97. The summed E-state index contributed by atoms with van der Waals surface area (Å²) in [5.74, 6) is 0. The van der Waals surface area contributed by atoms with Gasteiger partial charge < -0.3 is 5.11 Å². The first-order valence-electron chi connectivity index (χ1n) is 8.24. The largest absolute Gasteiger partial charge is 0.392 e. The summed E-state index contributed by atoms with van der Waals surface area (Å²) >= 11 is 0. The van der Waals surface area contributed by atoms with Crippen molar-refractivity contribution in [3.05, 3.63) is 71.8 Å². The fourth-order valence-electron chi connectivity index (χ4n) is 2.97. The highest BCUT2D eigenvalue weighted by atomic mass is 16.3. The predicted octanol–water partition coefficient (Wildman–Crippen LogP) is 4.24. The molecule has 0 heterocycles. The Kier molecular flexibility index (Phi) is 6.63. The van der Waals surface area contributed by atoms with Gasteiger partial charge in [0.05, 0.1) is 6.10 Å². The molecule has 0 amide bonds. The second kappa shape index (κ2) is 8.72. The smallest absolute Gasteiger partial charge is 0.0692 e. The Balaban J connectivity index is 2.19. The summed E-state index contributed by atoms with van der Waals surface area (Å²) in [6.07, 6.45) is 1.46. The number of benzene rings is 2. The molecule has 0 fully saturated rings. The van der Waals surface area contributed by atoms with Gasteiger partial charge in [-0.15, -0.1) is 0 Å². The van der Waals surface area contributed by atoms with Crippen LogP contribution >= 0.6 is 0 Å². The number of nitrogens with zero attached hydrogens (tertiary/aromatic N) is 1. The van der Waals surface area contributed by atoms with E-state index in [4.69, 9.17) is 0 Å². The van der Waals surface area contributed by atoms with Crippen LogP contribution in [0.2, 0.25) is 0 Å². The van der Waals surface area contributed by atoms with E-state index in [0.717, 1.165) is 25.9 Å². The van der Waals surface area contributed by atoms with Crippen molar-refractivity contribution in [3.8, 4) is 0 Å². The minimum absolute atomic E-state index is 0.186. The Labute approximate surface area is 134 Å². The Morgan fingerprint density at radius 2 is 1.23 bits per heavy atom. The summed E-state index contributed by atoms with van der Waals surface area (Å²) in [6.45, 7) is 5.94. The van der Waals surface area contributed by atoms with E-state index in [1.807, 2.05) is 12.1 Å². The molecule has 0 unspecified atom stereocenters. The lowest BCUT2D eigenvalue weighted by Gasteiger charge is -2.34. The van der Waals surface area contributed by atoms with Crippen LogP contribution in [0, 0.1) is 0 Å². The zero-order valence-corrected chi connectivity index (χ0v) is 13.7. The molecule has 2 rings (SSSR count). The zero-order valence-electron chi connectivity index (χ0n) is 13.7. The maximum atomic E-state index is 10.4. The van der Waals surface area contributed by atoms with Crippen LogP contribution in [0.3, 0.4) is 0 Å². The minimum atomic E-state index is -0.280. The molecule has 2 atom stereocenters. The van der Waals surface area contributed by atoms with Gasteiger partial charge in [0.1, 0.15) is 0 Å². The highest BCUT2D eigenvalue weighted by Crippen LogP contribution is 2.19. The molecular weight excluding hydrogens is 270 g/mol. The standard InChI is InChI=1S/C20H27NO/c1-3-19(20(22)4-2)21(15-17-11-7-5-8-12-17)16-18-13-9-6-10-14-18/h5-14,19-20,22H,3-4,15-16H2,1-2H3/t19-,20-/m0/s1. The topological polar surface area (TPSA) is 23.5 Å². The highest BCUT2D eigenvalue weighted by Gasteiger charge is 2.23. The van der Waals surface area contributed by atoms with Crippen LogP contribution in [0.1, 0.15) is 37.8 Å². The molecule has 2 nitrogen and oxygen atoms in total. The monoisotopic (exact) mass is 297 g/mol. The van der Waals surface area contributed by atoms with E-state index < -0.39 is 0 Å². The first kappa shape index (κ1) is 16.7. The van der Waals surface area contributed by atoms with Gasteiger partial charge in [-0.3, -0.25) is 4.90 Å². The molecule has 0 saturated heterocycles. The lowest BCUT2D eigenvalue weighted by Crippen LogP contribution is -2.42. The van der Waals surface area contributed by atoms with E-state index in [0.29, 0.717) is 0 Å². The highest BCUT2D eigenvalue weighted by molar-refractivity contribution is 5.17. The second-order valence-corrected chi connectivity index (χ2v) is 5.83. The van der Waals surface area contributed by atoms with E-state index in [-0.39, 0.29) is 12.1 Å². The summed E-state index contributed by atoms with van der Waals surface area (Å²) in [4.78, 5) is 2.40. The molecule has 0 aromatic heterocycles. The van der Waals surface area contributed by atoms with E-state index in [1.165, 1.54) is 11.1 Å². The van der Waals surface area contributed by atoms with Crippen molar-refractivity contribution in [2.24, 2.45) is 0 Å². The van der Waals surface area contributed by atoms with Crippen molar-refractivity contribution >= 4 is 0 Å². The third-order valence-electron chi connectivity index (χ3n) is 4.21. The number of aliphatic hydroxyl groups excluding tert-OH is 1. The van der Waals surface area contributed by atoms with Crippen molar-refractivity contribution in [2.75, 3.05) is 0 Å². The van der Waals surface area contributed by atoms with Crippen molar-refractivity contribution in [1.29, 1.82) is 0 Å². The minimum Gasteiger partial charge on any atom is -0.392 e. The van der Waals surface area contributed by atoms with E-state index >= 15 is 0 Å². The molecule has 1 N–H and O–H groups in total. The Hall–Kier alpha value is -1.64. The van der Waals surface area contributed by atoms with Crippen LogP contribution in [0.25, 0.3) is 0 Å². The first-order valence-corrected chi connectivity index (χ1v) is 8.24. The predicted molar refractivity (Wildman–Crippen MR) is 92.5 cm³/mol. The maximum Gasteiger partial charge on any atom is 0.0692 e. The summed E-state index contributed by atoms with van der Waals surface area (Å²) in [6, 6.07) is 21.2. The Bertz CT molecular complexity index is 484. The number of aliphatic hydroxyl groups is 1. The van der Waals surface area contributed by atoms with Crippen molar-refractivity contribution in [3.63, 3.8) is 0 Å². The second-order valence-electron chi connectivity index (χ2n) is 5.83. The molecule has 0 saturated carbocycles. The maximum absolute atomic E-state index is 10.4. The van der Waals surface area contributed by atoms with E-state index in [1.54, 1.807) is 0 Å². The molecule has 0 bridgehead atoms. The molecule has 118 valence electrons. The molecule has 22 heavy (non-hydrogen) atoms. The average molecular weight is 297 g/mol. The van der Waals surface area contributed by atoms with Gasteiger partial charge in [0.2, 0.25) is 0 Å². The molecule has 2 heteroatoms. The zero-order chi connectivity index (χ0) is 15.8. The van der Waals surface area contributed by atoms with Gasteiger partial charge in [0.25, 0.3) is 0 Å². The third kappa shape index (κ3) is 4.69. The number of hydrogen-bond donors (Lipinski definition) is 1. The molecule has 2 aromatic carbocycles. The third-order valence-corrected chi connectivity index (χ3v) is 4.21. The van der Waals surface area contributed by atoms with Crippen LogP contribution in [0.5, 0.6) is 0 Å². The lowest BCUT2D eigenvalue weighted by atomic mass is 10.0. The molecule has 0 spiro atoms. The SMILES string of the molecule is CC[C@H](O)[C@H](CC)N(Cc1ccccc1)Cc1ccccc1. The molecular formula is C20H27NO. The van der Waals surface area contributed by atoms with Gasteiger partial charge in [0, 0.05) is 19.1 Å². The van der Waals surface area contributed by atoms with Gasteiger partial charge in [-0.1, -0.05) is 74.5 Å². The summed E-state index contributed by atoms with van der Waals surface area (Å²) in [5, 5.41) is 10.4. The van der Waals surface area contributed by atoms with Gasteiger partial charge in [0.15, 0.2) is 0 Å². The van der Waals surface area contributed by atoms with Gasteiger partial charge in [-0.25, -0.2) is 0 Å². The number of rotatable bonds is 8. The quantitative estimate of drug-likeness (QED) is 0.788. The molecule has 0 aliphatic heterocycles. The number of hydrogen-bond acceptors (Lipinski definition) is 2. The van der Waals surface area contributed by atoms with Crippen LogP contribution in [-0.4, -0.2) is 22.2 Å². The molecule has 0 aliphatic rings. The molecule has 0 aliphatic carbocycles. The van der Waals surface area contributed by atoms with Crippen molar-refractivity contribution in [2.45, 2.75) is 51.9 Å². The lowest BCUT2D eigenvalue weighted by molar-refractivity contribution is 0.0349. The summed E-state index contributed by atoms with van der Waals surface area (Å²) in [7, 11) is 0. The van der Waals surface area contributed by atoms with Crippen LogP contribution in [0.15, 0.2) is 60.7 Å². The molecule has 2 aromatic rings. The van der Waals surface area contributed by atoms with Gasteiger partial charge in [-0.05, 0) is 24.0 Å². The van der Waals surface area contributed by atoms with Crippen molar-refractivity contribution < 1.29 is 5.11 Å². The summed E-state index contributed by atoms with van der Waals surface area (Å²) in [5.41, 5.74) is 2.58. The average Bonchev–Trinajstić information content (AvgIpc) is 2.57. The molecule has 0 radical (unpaired) electrons. The van der Waals surface area contributed by atoms with Gasteiger partial charge in [-0.2, -0.15) is 0 Å². The Morgan fingerprint density at radius 3 is 1.59 bits per heavy atom. The van der Waals surface area contributed by atoms with E-state index in [2.05, 4.69) is 67.3 Å². The first-order chi connectivity index (χ1) is 10.7. The fraction of sp³-hybridized carbons (Fsp3) is 0.400. The normalized spacial score (nSPS) is 14.0. The van der Waals surface area contributed by atoms with Crippen LogP contribution in [0.4, 0.5) is 0 Å². The van der Waals surface area contributed by atoms with Gasteiger partial charge >= 0.3 is 0 Å². The van der Waals surface area contributed by atoms with Crippen LogP contribution < -0.4 is 0 Å². The summed E-state index contributed by atoms with van der Waals surface area (Å²) < 4.78 is 0.